The first-order chi connectivity index (χ1) is 10.8. The Hall–Kier alpha value is -1.82. The molecule has 1 amide bonds. The van der Waals surface area contributed by atoms with Gasteiger partial charge in [-0.3, -0.25) is 10.1 Å². The summed E-state index contributed by atoms with van der Waals surface area (Å²) < 4.78 is 5.60. The quantitative estimate of drug-likeness (QED) is 0.860. The molecule has 1 aliphatic rings. The first-order valence-electron chi connectivity index (χ1n) is 7.55. The molecular weight excluding hydrogens is 298 g/mol. The number of hydrogen-bond acceptors (Lipinski definition) is 5. The van der Waals surface area contributed by atoms with Crippen LogP contribution < -0.4 is 5.32 Å². The fourth-order valence-electron chi connectivity index (χ4n) is 2.71. The van der Waals surface area contributed by atoms with Crippen molar-refractivity contribution in [2.45, 2.75) is 42.9 Å². The average Bonchev–Trinajstić information content (AvgIpc) is 3.04. The Morgan fingerprint density at radius 3 is 2.59 bits per heavy atom. The molecule has 116 valence electrons. The van der Waals surface area contributed by atoms with E-state index in [1.165, 1.54) is 19.3 Å². The molecular formula is C16H19N3O2S. The summed E-state index contributed by atoms with van der Waals surface area (Å²) in [7, 11) is 0. The molecule has 1 aromatic heterocycles. The zero-order valence-corrected chi connectivity index (χ0v) is 13.4. The van der Waals surface area contributed by atoms with Gasteiger partial charge in [0.25, 0.3) is 5.91 Å². The molecule has 0 aliphatic heterocycles. The molecule has 0 bridgehead atoms. The zero-order valence-electron chi connectivity index (χ0n) is 12.5. The van der Waals surface area contributed by atoms with Crippen molar-refractivity contribution in [1.82, 2.24) is 10.2 Å². The van der Waals surface area contributed by atoms with Gasteiger partial charge >= 0.3 is 6.01 Å². The highest BCUT2D eigenvalue weighted by Crippen LogP contribution is 2.32. The van der Waals surface area contributed by atoms with Crippen LogP contribution in [0.5, 0.6) is 0 Å². The van der Waals surface area contributed by atoms with Gasteiger partial charge in [-0.05, 0) is 43.4 Å². The lowest BCUT2D eigenvalue weighted by Crippen LogP contribution is -2.12. The van der Waals surface area contributed by atoms with Gasteiger partial charge in [-0.15, -0.1) is 16.9 Å². The number of anilines is 1. The zero-order chi connectivity index (χ0) is 15.4. The van der Waals surface area contributed by atoms with Crippen LogP contribution in [0.1, 0.15) is 54.3 Å². The molecule has 2 aromatic rings. The average molecular weight is 317 g/mol. The van der Waals surface area contributed by atoms with E-state index in [-0.39, 0.29) is 11.9 Å². The van der Waals surface area contributed by atoms with Crippen molar-refractivity contribution in [2.75, 3.05) is 11.6 Å². The molecule has 1 aliphatic carbocycles. The standard InChI is InChI=1S/C16H19N3O2S/c1-22-13-9-7-11(8-10-13)14(20)17-16-19-18-15(21-16)12-5-3-2-4-6-12/h7-10,12H,2-6H2,1H3,(H,17,19,20). The molecule has 22 heavy (non-hydrogen) atoms. The second-order valence-electron chi connectivity index (χ2n) is 5.46. The van der Waals surface area contributed by atoms with E-state index in [0.717, 1.165) is 17.7 Å². The third-order valence-electron chi connectivity index (χ3n) is 3.97. The molecule has 1 aromatic carbocycles. The monoisotopic (exact) mass is 317 g/mol. The van der Waals surface area contributed by atoms with E-state index >= 15 is 0 Å². The van der Waals surface area contributed by atoms with Gasteiger partial charge in [0.15, 0.2) is 0 Å². The van der Waals surface area contributed by atoms with E-state index in [2.05, 4.69) is 15.5 Å². The number of carbonyl (C=O) groups excluding carboxylic acids is 1. The van der Waals surface area contributed by atoms with Gasteiger partial charge < -0.3 is 4.42 Å². The summed E-state index contributed by atoms with van der Waals surface area (Å²) in [5.41, 5.74) is 0.579. The number of thioether (sulfide) groups is 1. The topological polar surface area (TPSA) is 68.0 Å². The third-order valence-corrected chi connectivity index (χ3v) is 4.71. The van der Waals surface area contributed by atoms with E-state index in [1.54, 1.807) is 23.9 Å². The Morgan fingerprint density at radius 2 is 1.91 bits per heavy atom. The van der Waals surface area contributed by atoms with Crippen LogP contribution in [-0.4, -0.2) is 22.4 Å². The molecule has 0 saturated heterocycles. The molecule has 1 N–H and O–H groups in total. The van der Waals surface area contributed by atoms with Crippen molar-refractivity contribution >= 4 is 23.7 Å². The van der Waals surface area contributed by atoms with Gasteiger partial charge in [0.2, 0.25) is 5.89 Å². The van der Waals surface area contributed by atoms with Gasteiger partial charge in [-0.25, -0.2) is 0 Å². The van der Waals surface area contributed by atoms with Crippen LogP contribution in [-0.2, 0) is 0 Å². The summed E-state index contributed by atoms with van der Waals surface area (Å²) in [6.45, 7) is 0. The molecule has 1 fully saturated rings. The van der Waals surface area contributed by atoms with Crippen LogP contribution in [0.4, 0.5) is 6.01 Å². The van der Waals surface area contributed by atoms with Crippen LogP contribution >= 0.6 is 11.8 Å². The summed E-state index contributed by atoms with van der Waals surface area (Å²) in [5.74, 6) is 0.756. The first-order valence-corrected chi connectivity index (χ1v) is 8.77. The molecule has 1 heterocycles. The van der Waals surface area contributed by atoms with Crippen molar-refractivity contribution in [2.24, 2.45) is 0 Å². The minimum atomic E-state index is -0.230. The number of rotatable bonds is 4. The van der Waals surface area contributed by atoms with Crippen molar-refractivity contribution < 1.29 is 9.21 Å². The third kappa shape index (κ3) is 3.50. The lowest BCUT2D eigenvalue weighted by atomic mass is 9.89. The second-order valence-corrected chi connectivity index (χ2v) is 6.34. The van der Waals surface area contributed by atoms with Crippen LogP contribution in [0, 0.1) is 0 Å². The van der Waals surface area contributed by atoms with Gasteiger partial charge in [-0.2, -0.15) is 0 Å². The van der Waals surface area contributed by atoms with Crippen molar-refractivity contribution in [3.05, 3.63) is 35.7 Å². The molecule has 0 atom stereocenters. The van der Waals surface area contributed by atoms with Gasteiger partial charge in [0, 0.05) is 16.4 Å². The van der Waals surface area contributed by atoms with Crippen molar-refractivity contribution in [1.29, 1.82) is 0 Å². The maximum Gasteiger partial charge on any atom is 0.322 e. The minimum Gasteiger partial charge on any atom is -0.408 e. The summed E-state index contributed by atoms with van der Waals surface area (Å²) in [5, 5.41) is 10.7. The molecule has 0 radical (unpaired) electrons. The number of aromatic nitrogens is 2. The predicted octanol–water partition coefficient (Wildman–Crippen LogP) is 4.09. The SMILES string of the molecule is CSc1ccc(C(=O)Nc2nnc(C3CCCCC3)o2)cc1. The fraction of sp³-hybridized carbons (Fsp3) is 0.438. The molecule has 6 heteroatoms. The fourth-order valence-corrected chi connectivity index (χ4v) is 3.12. The van der Waals surface area contributed by atoms with Crippen molar-refractivity contribution in [3.8, 4) is 0 Å². The Kier molecular flexibility index (Phi) is 4.77. The lowest BCUT2D eigenvalue weighted by molar-refractivity contribution is 0.102. The summed E-state index contributed by atoms with van der Waals surface area (Å²) in [4.78, 5) is 13.3. The van der Waals surface area contributed by atoms with Gasteiger partial charge in [0.05, 0.1) is 0 Å². The first kappa shape index (κ1) is 15.1. The van der Waals surface area contributed by atoms with Crippen LogP contribution in [0.3, 0.4) is 0 Å². The largest absolute Gasteiger partial charge is 0.408 e. The minimum absolute atomic E-state index is 0.180. The molecule has 3 rings (SSSR count). The number of carbonyl (C=O) groups is 1. The Balaban J connectivity index is 1.64. The van der Waals surface area contributed by atoms with E-state index in [9.17, 15) is 4.79 Å². The predicted molar refractivity (Wildman–Crippen MR) is 86.3 cm³/mol. The Morgan fingerprint density at radius 1 is 1.18 bits per heavy atom. The van der Waals surface area contributed by atoms with E-state index in [1.807, 2.05) is 18.4 Å². The van der Waals surface area contributed by atoms with E-state index in [4.69, 9.17) is 4.42 Å². The highest BCUT2D eigenvalue weighted by atomic mass is 32.2. The summed E-state index contributed by atoms with van der Waals surface area (Å²) >= 11 is 1.64. The van der Waals surface area contributed by atoms with Crippen LogP contribution in [0.25, 0.3) is 0 Å². The number of nitrogens with zero attached hydrogens (tertiary/aromatic N) is 2. The molecule has 0 spiro atoms. The number of hydrogen-bond donors (Lipinski definition) is 1. The highest BCUT2D eigenvalue weighted by molar-refractivity contribution is 7.98. The van der Waals surface area contributed by atoms with Crippen LogP contribution in [0.15, 0.2) is 33.6 Å². The van der Waals surface area contributed by atoms with Gasteiger partial charge in [-0.1, -0.05) is 24.4 Å². The number of nitrogens with one attached hydrogen (secondary N) is 1. The molecule has 5 nitrogen and oxygen atoms in total. The smallest absolute Gasteiger partial charge is 0.322 e. The Labute approximate surface area is 133 Å². The maximum atomic E-state index is 12.2. The van der Waals surface area contributed by atoms with E-state index in [0.29, 0.717) is 17.4 Å². The lowest BCUT2D eigenvalue weighted by Gasteiger charge is -2.17. The maximum absolute atomic E-state index is 12.2. The molecule has 1 saturated carbocycles. The number of amides is 1. The normalized spacial score (nSPS) is 15.7. The molecule has 0 unspecified atom stereocenters. The number of benzene rings is 1. The van der Waals surface area contributed by atoms with E-state index < -0.39 is 0 Å². The van der Waals surface area contributed by atoms with Crippen molar-refractivity contribution in [3.63, 3.8) is 0 Å². The summed E-state index contributed by atoms with van der Waals surface area (Å²) in [6.07, 6.45) is 7.87. The van der Waals surface area contributed by atoms with Crippen LogP contribution in [0.2, 0.25) is 0 Å². The summed E-state index contributed by atoms with van der Waals surface area (Å²) in [6, 6.07) is 7.60. The van der Waals surface area contributed by atoms with Gasteiger partial charge in [0.1, 0.15) is 0 Å². The Bertz CT molecular complexity index is 633. The highest BCUT2D eigenvalue weighted by Gasteiger charge is 2.21. The second kappa shape index (κ2) is 6.96.